The maximum absolute atomic E-state index is 12.0. The molecule has 6 nitrogen and oxygen atoms in total. The van der Waals surface area contributed by atoms with Gasteiger partial charge in [0, 0.05) is 17.4 Å². The number of hydrogen-bond donors (Lipinski definition) is 2. The maximum Gasteiger partial charge on any atom is 0.226 e. The van der Waals surface area contributed by atoms with E-state index in [1.54, 1.807) is 14.2 Å². The molecule has 136 valence electrons. The fourth-order valence-electron chi connectivity index (χ4n) is 2.43. The molecule has 0 aliphatic heterocycles. The lowest BCUT2D eigenvalue weighted by atomic mass is 10.1. The van der Waals surface area contributed by atoms with E-state index in [1.165, 1.54) is 11.3 Å². The Morgan fingerprint density at radius 3 is 2.72 bits per heavy atom. The third-order valence-electron chi connectivity index (χ3n) is 3.79. The molecular weight excluding hydrogens is 338 g/mol. The number of carbonyl (C=O) groups is 1. The summed E-state index contributed by atoms with van der Waals surface area (Å²) < 4.78 is 10.6. The lowest BCUT2D eigenvalue weighted by molar-refractivity contribution is -0.116. The number of methoxy groups -OCH3 is 2. The van der Waals surface area contributed by atoms with Crippen LogP contribution in [0, 0.1) is 0 Å². The van der Waals surface area contributed by atoms with Crippen molar-refractivity contribution >= 4 is 22.4 Å². The van der Waals surface area contributed by atoms with Gasteiger partial charge < -0.3 is 20.5 Å². The third kappa shape index (κ3) is 5.72. The minimum atomic E-state index is -0.00810. The molecule has 0 spiro atoms. The summed E-state index contributed by atoms with van der Waals surface area (Å²) in [4.78, 5) is 16.5. The van der Waals surface area contributed by atoms with E-state index in [1.807, 2.05) is 23.6 Å². The second-order valence-corrected chi connectivity index (χ2v) is 6.46. The van der Waals surface area contributed by atoms with Crippen LogP contribution in [0.3, 0.4) is 0 Å². The molecule has 1 aromatic carbocycles. The molecular formula is C18H25N3O3S. The van der Waals surface area contributed by atoms with Crippen LogP contribution < -0.4 is 20.5 Å². The van der Waals surface area contributed by atoms with Crippen molar-refractivity contribution in [2.45, 2.75) is 32.1 Å². The van der Waals surface area contributed by atoms with Crippen LogP contribution in [-0.2, 0) is 4.79 Å². The van der Waals surface area contributed by atoms with Crippen molar-refractivity contribution in [3.63, 3.8) is 0 Å². The van der Waals surface area contributed by atoms with E-state index in [-0.39, 0.29) is 5.91 Å². The SMILES string of the molecule is COc1ccc(OC)c(-c2csc(NC(=O)CCCCCCN)n2)c1. The van der Waals surface area contributed by atoms with Crippen molar-refractivity contribution in [2.24, 2.45) is 5.73 Å². The predicted octanol–water partition coefficient (Wildman–Crippen LogP) is 3.68. The summed E-state index contributed by atoms with van der Waals surface area (Å²) in [5.74, 6) is 1.43. The van der Waals surface area contributed by atoms with Crippen molar-refractivity contribution in [3.05, 3.63) is 23.6 Å². The highest BCUT2D eigenvalue weighted by Crippen LogP contribution is 2.35. The Morgan fingerprint density at radius 2 is 2.00 bits per heavy atom. The lowest BCUT2D eigenvalue weighted by Gasteiger charge is -2.08. The number of unbranched alkanes of at least 4 members (excludes halogenated alkanes) is 3. The molecule has 0 atom stereocenters. The van der Waals surface area contributed by atoms with Gasteiger partial charge in [-0.1, -0.05) is 12.8 Å². The van der Waals surface area contributed by atoms with Gasteiger partial charge in [0.1, 0.15) is 11.5 Å². The fraction of sp³-hybridized carbons (Fsp3) is 0.444. The molecule has 0 saturated heterocycles. The van der Waals surface area contributed by atoms with Crippen molar-refractivity contribution in [2.75, 3.05) is 26.1 Å². The zero-order valence-electron chi connectivity index (χ0n) is 14.7. The highest BCUT2D eigenvalue weighted by molar-refractivity contribution is 7.14. The van der Waals surface area contributed by atoms with Crippen molar-refractivity contribution in [1.29, 1.82) is 0 Å². The van der Waals surface area contributed by atoms with Gasteiger partial charge in [0.05, 0.1) is 19.9 Å². The van der Waals surface area contributed by atoms with E-state index in [0.717, 1.165) is 42.7 Å². The van der Waals surface area contributed by atoms with E-state index in [0.29, 0.717) is 23.8 Å². The van der Waals surface area contributed by atoms with E-state index in [4.69, 9.17) is 15.2 Å². The Labute approximate surface area is 152 Å². The zero-order valence-corrected chi connectivity index (χ0v) is 15.5. The van der Waals surface area contributed by atoms with Gasteiger partial charge >= 0.3 is 0 Å². The second kappa shape index (κ2) is 10.0. The third-order valence-corrected chi connectivity index (χ3v) is 4.55. The minimum Gasteiger partial charge on any atom is -0.497 e. The van der Waals surface area contributed by atoms with E-state index in [2.05, 4.69) is 10.3 Å². The van der Waals surface area contributed by atoms with Gasteiger partial charge in [-0.2, -0.15) is 0 Å². The Morgan fingerprint density at radius 1 is 1.20 bits per heavy atom. The van der Waals surface area contributed by atoms with Gasteiger partial charge in [-0.15, -0.1) is 11.3 Å². The summed E-state index contributed by atoms with van der Waals surface area (Å²) in [6.07, 6.45) is 4.48. The molecule has 0 aliphatic rings. The fourth-order valence-corrected chi connectivity index (χ4v) is 3.16. The molecule has 2 rings (SSSR count). The van der Waals surface area contributed by atoms with E-state index < -0.39 is 0 Å². The quantitative estimate of drug-likeness (QED) is 0.629. The van der Waals surface area contributed by atoms with Crippen LogP contribution in [0.5, 0.6) is 11.5 Å². The number of carbonyl (C=O) groups excluding carboxylic acids is 1. The molecule has 0 saturated carbocycles. The van der Waals surface area contributed by atoms with Crippen LogP contribution >= 0.6 is 11.3 Å². The summed E-state index contributed by atoms with van der Waals surface area (Å²) >= 11 is 1.40. The molecule has 2 aromatic rings. The summed E-state index contributed by atoms with van der Waals surface area (Å²) in [5, 5.41) is 5.35. The van der Waals surface area contributed by atoms with Crippen LogP contribution in [0.4, 0.5) is 5.13 Å². The van der Waals surface area contributed by atoms with E-state index in [9.17, 15) is 4.79 Å². The topological polar surface area (TPSA) is 86.5 Å². The number of aromatic nitrogens is 1. The first-order chi connectivity index (χ1) is 12.2. The summed E-state index contributed by atoms with van der Waals surface area (Å²) in [5.41, 5.74) is 7.04. The molecule has 1 amide bonds. The number of ether oxygens (including phenoxy) is 2. The smallest absolute Gasteiger partial charge is 0.226 e. The molecule has 0 radical (unpaired) electrons. The first-order valence-corrected chi connectivity index (χ1v) is 9.23. The van der Waals surface area contributed by atoms with Crippen molar-refractivity contribution in [3.8, 4) is 22.8 Å². The Kier molecular flexibility index (Phi) is 7.69. The maximum atomic E-state index is 12.0. The summed E-state index contributed by atoms with van der Waals surface area (Å²) in [6.45, 7) is 0.710. The zero-order chi connectivity index (χ0) is 18.1. The Hall–Kier alpha value is -2.12. The Balaban J connectivity index is 1.97. The molecule has 3 N–H and O–H groups in total. The number of nitrogens with zero attached hydrogens (tertiary/aromatic N) is 1. The normalized spacial score (nSPS) is 10.5. The summed E-state index contributed by atoms with van der Waals surface area (Å²) in [7, 11) is 3.23. The monoisotopic (exact) mass is 363 g/mol. The molecule has 1 heterocycles. The highest BCUT2D eigenvalue weighted by atomic mass is 32.1. The lowest BCUT2D eigenvalue weighted by Crippen LogP contribution is -2.10. The van der Waals surface area contributed by atoms with Gasteiger partial charge in [-0.25, -0.2) is 4.98 Å². The number of hydrogen-bond acceptors (Lipinski definition) is 6. The van der Waals surface area contributed by atoms with Crippen LogP contribution in [0.1, 0.15) is 32.1 Å². The van der Waals surface area contributed by atoms with Gasteiger partial charge in [0.2, 0.25) is 5.91 Å². The van der Waals surface area contributed by atoms with Gasteiger partial charge in [0.15, 0.2) is 5.13 Å². The number of amides is 1. The largest absolute Gasteiger partial charge is 0.497 e. The molecule has 0 bridgehead atoms. The molecule has 0 fully saturated rings. The average Bonchev–Trinajstić information content (AvgIpc) is 3.09. The number of anilines is 1. The van der Waals surface area contributed by atoms with E-state index >= 15 is 0 Å². The summed E-state index contributed by atoms with van der Waals surface area (Å²) in [6, 6.07) is 5.55. The predicted molar refractivity (Wildman–Crippen MR) is 101 cm³/mol. The standard InChI is InChI=1S/C18H25N3O3S/c1-23-13-8-9-16(24-2)14(11-13)15-12-25-18(20-15)21-17(22)7-5-3-4-6-10-19/h8-9,11-12H,3-7,10,19H2,1-2H3,(H,20,21,22). The number of thiazole rings is 1. The van der Waals surface area contributed by atoms with Gasteiger partial charge in [-0.3, -0.25) is 4.79 Å². The molecule has 1 aromatic heterocycles. The molecule has 0 unspecified atom stereocenters. The van der Waals surface area contributed by atoms with Gasteiger partial charge in [0.25, 0.3) is 0 Å². The second-order valence-electron chi connectivity index (χ2n) is 5.61. The molecule has 25 heavy (non-hydrogen) atoms. The average molecular weight is 363 g/mol. The van der Waals surface area contributed by atoms with Crippen LogP contribution in [0.25, 0.3) is 11.3 Å². The van der Waals surface area contributed by atoms with Gasteiger partial charge in [-0.05, 0) is 37.6 Å². The molecule has 7 heteroatoms. The van der Waals surface area contributed by atoms with Crippen LogP contribution in [0.15, 0.2) is 23.6 Å². The number of nitrogens with two attached hydrogens (primary N) is 1. The number of rotatable bonds is 10. The minimum absolute atomic E-state index is 0.00810. The molecule has 0 aliphatic carbocycles. The Bertz CT molecular complexity index is 688. The van der Waals surface area contributed by atoms with Crippen molar-refractivity contribution < 1.29 is 14.3 Å². The van der Waals surface area contributed by atoms with Crippen LogP contribution in [-0.4, -0.2) is 31.7 Å². The highest BCUT2D eigenvalue weighted by Gasteiger charge is 2.13. The van der Waals surface area contributed by atoms with Crippen LogP contribution in [0.2, 0.25) is 0 Å². The van der Waals surface area contributed by atoms with Crippen molar-refractivity contribution in [1.82, 2.24) is 4.98 Å². The number of benzene rings is 1. The first kappa shape index (κ1) is 19.2. The first-order valence-electron chi connectivity index (χ1n) is 8.35. The number of nitrogens with one attached hydrogen (secondary N) is 1.